The summed E-state index contributed by atoms with van der Waals surface area (Å²) in [6, 6.07) is 0. The second-order valence-corrected chi connectivity index (χ2v) is 3.35. The summed E-state index contributed by atoms with van der Waals surface area (Å²) in [7, 11) is 0. The van der Waals surface area contributed by atoms with Crippen LogP contribution in [0.5, 0.6) is 0 Å². The van der Waals surface area contributed by atoms with E-state index in [9.17, 15) is 0 Å². The quantitative estimate of drug-likeness (QED) is 0.617. The maximum atomic E-state index is 5.57. The predicted molar refractivity (Wildman–Crippen MR) is 44.9 cm³/mol. The molecule has 0 radical (unpaired) electrons. The van der Waals surface area contributed by atoms with E-state index in [0.717, 1.165) is 32.5 Å². The van der Waals surface area contributed by atoms with Gasteiger partial charge in [-0.2, -0.15) is 0 Å². The van der Waals surface area contributed by atoms with Crippen molar-refractivity contribution in [2.75, 3.05) is 19.1 Å². The SMILES string of the molecule is CC1(CCCCl)OCCCO1. The summed E-state index contributed by atoms with van der Waals surface area (Å²) >= 11 is 5.57. The fraction of sp³-hybridized carbons (Fsp3) is 1.00. The number of halogens is 1. The van der Waals surface area contributed by atoms with Gasteiger partial charge >= 0.3 is 0 Å². The van der Waals surface area contributed by atoms with Crippen LogP contribution < -0.4 is 0 Å². The Morgan fingerprint density at radius 1 is 1.36 bits per heavy atom. The van der Waals surface area contributed by atoms with Gasteiger partial charge in [0, 0.05) is 12.3 Å². The van der Waals surface area contributed by atoms with Crippen molar-refractivity contribution in [3.8, 4) is 0 Å². The van der Waals surface area contributed by atoms with Crippen molar-refractivity contribution < 1.29 is 9.47 Å². The fourth-order valence-corrected chi connectivity index (χ4v) is 1.34. The van der Waals surface area contributed by atoms with E-state index in [4.69, 9.17) is 21.1 Å². The summed E-state index contributed by atoms with van der Waals surface area (Å²) < 4.78 is 11.0. The Hall–Kier alpha value is 0.210. The lowest BCUT2D eigenvalue weighted by Gasteiger charge is -2.33. The average molecular weight is 179 g/mol. The molecule has 0 saturated carbocycles. The second kappa shape index (κ2) is 4.29. The molecule has 66 valence electrons. The first-order valence-corrected chi connectivity index (χ1v) is 4.64. The molecule has 0 amide bonds. The van der Waals surface area contributed by atoms with E-state index < -0.39 is 0 Å². The monoisotopic (exact) mass is 178 g/mol. The van der Waals surface area contributed by atoms with Crippen molar-refractivity contribution in [1.29, 1.82) is 0 Å². The molecule has 0 atom stereocenters. The minimum Gasteiger partial charge on any atom is -0.350 e. The van der Waals surface area contributed by atoms with E-state index in [1.807, 2.05) is 6.92 Å². The van der Waals surface area contributed by atoms with Crippen LogP contribution in [-0.4, -0.2) is 24.9 Å². The van der Waals surface area contributed by atoms with Gasteiger partial charge in [-0.25, -0.2) is 0 Å². The van der Waals surface area contributed by atoms with Crippen LogP contribution >= 0.6 is 11.6 Å². The van der Waals surface area contributed by atoms with Gasteiger partial charge in [0.1, 0.15) is 0 Å². The van der Waals surface area contributed by atoms with Gasteiger partial charge in [0.15, 0.2) is 5.79 Å². The molecule has 3 heteroatoms. The third-order valence-corrected chi connectivity index (χ3v) is 2.14. The second-order valence-electron chi connectivity index (χ2n) is 2.98. The van der Waals surface area contributed by atoms with E-state index in [2.05, 4.69) is 0 Å². The molecule has 0 unspecified atom stereocenters. The van der Waals surface area contributed by atoms with Crippen LogP contribution in [0.15, 0.2) is 0 Å². The minimum atomic E-state index is -0.354. The standard InChI is InChI=1S/C8H15ClO2/c1-8(4-2-5-9)10-6-3-7-11-8/h2-7H2,1H3. The highest BCUT2D eigenvalue weighted by molar-refractivity contribution is 6.17. The van der Waals surface area contributed by atoms with E-state index in [1.54, 1.807) is 0 Å². The zero-order chi connectivity index (χ0) is 8.16. The molecule has 0 aromatic rings. The summed E-state index contributed by atoms with van der Waals surface area (Å²) in [6.07, 6.45) is 2.87. The molecule has 0 aliphatic carbocycles. The van der Waals surface area contributed by atoms with Crippen molar-refractivity contribution in [2.24, 2.45) is 0 Å². The average Bonchev–Trinajstić information content (AvgIpc) is 2.03. The summed E-state index contributed by atoms with van der Waals surface area (Å²) in [5.74, 6) is 0.329. The van der Waals surface area contributed by atoms with Gasteiger partial charge in [-0.05, 0) is 19.8 Å². The van der Waals surface area contributed by atoms with Crippen LogP contribution in [0.2, 0.25) is 0 Å². The minimum absolute atomic E-state index is 0.354. The Morgan fingerprint density at radius 2 is 2.00 bits per heavy atom. The lowest BCUT2D eigenvalue weighted by atomic mass is 10.1. The van der Waals surface area contributed by atoms with E-state index in [1.165, 1.54) is 0 Å². The highest BCUT2D eigenvalue weighted by Gasteiger charge is 2.27. The van der Waals surface area contributed by atoms with Crippen molar-refractivity contribution >= 4 is 11.6 Å². The van der Waals surface area contributed by atoms with Crippen LogP contribution in [-0.2, 0) is 9.47 Å². The van der Waals surface area contributed by atoms with E-state index in [0.29, 0.717) is 5.88 Å². The number of rotatable bonds is 3. The van der Waals surface area contributed by atoms with Gasteiger partial charge in [-0.1, -0.05) is 0 Å². The molecule has 1 saturated heterocycles. The molecule has 0 aromatic heterocycles. The molecule has 1 aliphatic heterocycles. The van der Waals surface area contributed by atoms with Gasteiger partial charge in [0.25, 0.3) is 0 Å². The third kappa shape index (κ3) is 2.97. The Kier molecular flexibility index (Phi) is 3.63. The zero-order valence-electron chi connectivity index (χ0n) is 6.94. The van der Waals surface area contributed by atoms with Crippen molar-refractivity contribution in [3.63, 3.8) is 0 Å². The summed E-state index contributed by atoms with van der Waals surface area (Å²) in [6.45, 7) is 3.62. The highest BCUT2D eigenvalue weighted by atomic mass is 35.5. The largest absolute Gasteiger partial charge is 0.350 e. The summed E-state index contributed by atoms with van der Waals surface area (Å²) in [5, 5.41) is 0. The molecule has 0 N–H and O–H groups in total. The lowest BCUT2D eigenvalue weighted by Crippen LogP contribution is -2.37. The molecular weight excluding hydrogens is 164 g/mol. The predicted octanol–water partition coefficient (Wildman–Crippen LogP) is 2.16. The van der Waals surface area contributed by atoms with Gasteiger partial charge in [0.05, 0.1) is 13.2 Å². The smallest absolute Gasteiger partial charge is 0.165 e. The normalized spacial score (nSPS) is 23.5. The van der Waals surface area contributed by atoms with Crippen LogP contribution in [0.4, 0.5) is 0 Å². The van der Waals surface area contributed by atoms with Gasteiger partial charge in [0.2, 0.25) is 0 Å². The molecule has 1 rings (SSSR count). The topological polar surface area (TPSA) is 18.5 Å². The molecule has 0 bridgehead atoms. The van der Waals surface area contributed by atoms with Gasteiger partial charge in [-0.15, -0.1) is 11.6 Å². The third-order valence-electron chi connectivity index (χ3n) is 1.87. The fourth-order valence-electron chi connectivity index (χ4n) is 1.21. The Bertz CT molecular complexity index is 111. The Balaban J connectivity index is 2.25. The number of alkyl halides is 1. The molecule has 1 aliphatic rings. The van der Waals surface area contributed by atoms with E-state index >= 15 is 0 Å². The number of ether oxygens (including phenoxy) is 2. The van der Waals surface area contributed by atoms with Crippen LogP contribution in [0, 0.1) is 0 Å². The number of hydrogen-bond donors (Lipinski definition) is 0. The van der Waals surface area contributed by atoms with Crippen LogP contribution in [0.3, 0.4) is 0 Å². The number of hydrogen-bond acceptors (Lipinski definition) is 2. The zero-order valence-corrected chi connectivity index (χ0v) is 7.69. The molecule has 1 heterocycles. The first-order chi connectivity index (χ1) is 5.27. The Morgan fingerprint density at radius 3 is 2.55 bits per heavy atom. The molecule has 0 aromatic carbocycles. The van der Waals surface area contributed by atoms with Crippen molar-refractivity contribution in [1.82, 2.24) is 0 Å². The molecule has 1 fully saturated rings. The van der Waals surface area contributed by atoms with Crippen LogP contribution in [0.1, 0.15) is 26.2 Å². The maximum absolute atomic E-state index is 5.57. The van der Waals surface area contributed by atoms with Crippen molar-refractivity contribution in [2.45, 2.75) is 32.0 Å². The van der Waals surface area contributed by atoms with Gasteiger partial charge < -0.3 is 9.47 Å². The molecule has 11 heavy (non-hydrogen) atoms. The van der Waals surface area contributed by atoms with E-state index in [-0.39, 0.29) is 5.79 Å². The maximum Gasteiger partial charge on any atom is 0.165 e. The summed E-state index contributed by atoms with van der Waals surface area (Å²) in [4.78, 5) is 0. The first kappa shape index (κ1) is 9.30. The summed E-state index contributed by atoms with van der Waals surface area (Å²) in [5.41, 5.74) is 0. The Labute approximate surface area is 72.8 Å². The molecular formula is C8H15ClO2. The van der Waals surface area contributed by atoms with Gasteiger partial charge in [-0.3, -0.25) is 0 Å². The highest BCUT2D eigenvalue weighted by Crippen LogP contribution is 2.23. The van der Waals surface area contributed by atoms with Crippen molar-refractivity contribution in [3.05, 3.63) is 0 Å². The lowest BCUT2D eigenvalue weighted by molar-refractivity contribution is -0.258. The van der Waals surface area contributed by atoms with Crippen LogP contribution in [0.25, 0.3) is 0 Å². The first-order valence-electron chi connectivity index (χ1n) is 4.11. The molecule has 0 spiro atoms. The molecule has 2 nitrogen and oxygen atoms in total.